The molecule has 0 fully saturated rings. The van der Waals surface area contributed by atoms with Crippen LogP contribution in [0.1, 0.15) is 19.8 Å². The van der Waals surface area contributed by atoms with Gasteiger partial charge in [0.05, 0.1) is 19.8 Å². The Morgan fingerprint density at radius 2 is 2.26 bits per heavy atom. The number of aliphatic hydroxyl groups is 1. The third-order valence-electron chi connectivity index (χ3n) is 2.26. The van der Waals surface area contributed by atoms with Crippen LogP contribution in [0, 0.1) is 0 Å². The topological polar surface area (TPSA) is 55.8 Å². The number of carbonyl (C=O) groups is 1. The van der Waals surface area contributed by atoms with Crippen molar-refractivity contribution in [2.75, 3.05) is 25.6 Å². The lowest BCUT2D eigenvalue weighted by molar-refractivity contribution is -0.143. The predicted molar refractivity (Wildman–Crippen MR) is 75.6 cm³/mol. The molecule has 0 radical (unpaired) electrons. The van der Waals surface area contributed by atoms with Gasteiger partial charge < -0.3 is 14.6 Å². The fourth-order valence-electron chi connectivity index (χ4n) is 1.46. The van der Waals surface area contributed by atoms with Gasteiger partial charge in [0, 0.05) is 17.1 Å². The van der Waals surface area contributed by atoms with Gasteiger partial charge >= 0.3 is 5.97 Å². The fourth-order valence-corrected chi connectivity index (χ4v) is 2.16. The number of thioether (sulfide) groups is 1. The molecule has 1 aromatic carbocycles. The lowest BCUT2D eigenvalue weighted by atomic mass is 10.3. The van der Waals surface area contributed by atoms with Crippen molar-refractivity contribution < 1.29 is 19.4 Å². The Morgan fingerprint density at radius 3 is 3.00 bits per heavy atom. The molecule has 1 N–H and O–H groups in total. The van der Waals surface area contributed by atoms with Gasteiger partial charge in [-0.2, -0.15) is 0 Å². The normalized spacial score (nSPS) is 10.2. The van der Waals surface area contributed by atoms with E-state index in [-0.39, 0.29) is 12.6 Å². The quantitative estimate of drug-likeness (QED) is 0.429. The molecular formula is C14H20O4S. The minimum absolute atomic E-state index is 0.162. The molecule has 0 bridgehead atoms. The number of carbonyl (C=O) groups excluding carboxylic acids is 1. The van der Waals surface area contributed by atoms with Crippen LogP contribution in [-0.2, 0) is 9.53 Å². The second-order valence-corrected chi connectivity index (χ2v) is 4.97. The summed E-state index contributed by atoms with van der Waals surface area (Å²) in [5.74, 6) is 1.27. The van der Waals surface area contributed by atoms with E-state index in [9.17, 15) is 4.79 Å². The average Bonchev–Trinajstić information content (AvgIpc) is 2.42. The first-order valence-electron chi connectivity index (χ1n) is 6.38. The van der Waals surface area contributed by atoms with Crippen molar-refractivity contribution >= 4 is 17.7 Å². The van der Waals surface area contributed by atoms with Crippen LogP contribution in [0.4, 0.5) is 0 Å². The highest BCUT2D eigenvalue weighted by molar-refractivity contribution is 7.99. The maximum Gasteiger partial charge on any atom is 0.305 e. The van der Waals surface area contributed by atoms with Crippen molar-refractivity contribution in [3.63, 3.8) is 0 Å². The summed E-state index contributed by atoms with van der Waals surface area (Å²) in [5, 5.41) is 8.77. The molecular weight excluding hydrogens is 264 g/mol. The monoisotopic (exact) mass is 284 g/mol. The van der Waals surface area contributed by atoms with E-state index in [1.54, 1.807) is 18.7 Å². The highest BCUT2D eigenvalue weighted by atomic mass is 32.2. The molecule has 0 unspecified atom stereocenters. The number of aliphatic hydroxyl groups excluding tert-OH is 1. The summed E-state index contributed by atoms with van der Waals surface area (Å²) >= 11 is 1.58. The number of benzene rings is 1. The lowest BCUT2D eigenvalue weighted by Crippen LogP contribution is -2.06. The smallest absolute Gasteiger partial charge is 0.305 e. The molecule has 19 heavy (non-hydrogen) atoms. The lowest BCUT2D eigenvalue weighted by Gasteiger charge is -2.07. The van der Waals surface area contributed by atoms with E-state index in [1.807, 2.05) is 24.3 Å². The number of hydrogen-bond donors (Lipinski definition) is 1. The molecule has 0 aliphatic rings. The zero-order chi connectivity index (χ0) is 13.9. The summed E-state index contributed by atoms with van der Waals surface area (Å²) in [7, 11) is 0. The zero-order valence-electron chi connectivity index (χ0n) is 11.1. The number of rotatable bonds is 9. The van der Waals surface area contributed by atoms with E-state index in [4.69, 9.17) is 14.6 Å². The summed E-state index contributed by atoms with van der Waals surface area (Å²) in [6, 6.07) is 7.71. The Hall–Kier alpha value is -1.20. The second-order valence-electron chi connectivity index (χ2n) is 3.80. The van der Waals surface area contributed by atoms with Crippen LogP contribution in [0.3, 0.4) is 0 Å². The van der Waals surface area contributed by atoms with Crippen molar-refractivity contribution in [3.05, 3.63) is 24.3 Å². The Labute approximate surface area is 118 Å². The molecule has 1 rings (SSSR count). The van der Waals surface area contributed by atoms with Gasteiger partial charge in [-0.25, -0.2) is 0 Å². The zero-order valence-corrected chi connectivity index (χ0v) is 11.9. The Bertz CT molecular complexity index is 381. The summed E-state index contributed by atoms with van der Waals surface area (Å²) in [5.41, 5.74) is 0. The molecule has 0 saturated carbocycles. The summed E-state index contributed by atoms with van der Waals surface area (Å²) in [4.78, 5) is 12.2. The molecule has 0 heterocycles. The molecule has 0 amide bonds. The maximum absolute atomic E-state index is 11.1. The molecule has 0 aliphatic heterocycles. The van der Waals surface area contributed by atoms with E-state index in [0.717, 1.165) is 10.6 Å². The van der Waals surface area contributed by atoms with Gasteiger partial charge in [-0.1, -0.05) is 6.07 Å². The Balaban J connectivity index is 2.27. The van der Waals surface area contributed by atoms with E-state index in [0.29, 0.717) is 31.8 Å². The van der Waals surface area contributed by atoms with Gasteiger partial charge in [0.25, 0.3) is 0 Å². The van der Waals surface area contributed by atoms with Crippen molar-refractivity contribution in [2.45, 2.75) is 24.7 Å². The van der Waals surface area contributed by atoms with Crippen molar-refractivity contribution in [2.24, 2.45) is 0 Å². The highest BCUT2D eigenvalue weighted by Crippen LogP contribution is 2.22. The van der Waals surface area contributed by atoms with Gasteiger partial charge in [-0.3, -0.25) is 4.79 Å². The van der Waals surface area contributed by atoms with Gasteiger partial charge in [0.2, 0.25) is 0 Å². The largest absolute Gasteiger partial charge is 0.494 e. The van der Waals surface area contributed by atoms with E-state index in [2.05, 4.69) is 0 Å². The summed E-state index contributed by atoms with van der Waals surface area (Å²) in [6.07, 6.45) is 1.03. The van der Waals surface area contributed by atoms with Gasteiger partial charge in [0.15, 0.2) is 0 Å². The van der Waals surface area contributed by atoms with Crippen LogP contribution in [0.5, 0.6) is 5.75 Å². The second kappa shape index (κ2) is 9.69. The molecule has 5 heteroatoms. The van der Waals surface area contributed by atoms with E-state index >= 15 is 0 Å². The number of hydrogen-bond acceptors (Lipinski definition) is 5. The first-order chi connectivity index (χ1) is 9.26. The molecule has 4 nitrogen and oxygen atoms in total. The van der Waals surface area contributed by atoms with Crippen LogP contribution in [0.2, 0.25) is 0 Å². The number of ether oxygens (including phenoxy) is 2. The van der Waals surface area contributed by atoms with Crippen LogP contribution >= 0.6 is 11.8 Å². The Morgan fingerprint density at radius 1 is 1.42 bits per heavy atom. The van der Waals surface area contributed by atoms with Gasteiger partial charge in [-0.15, -0.1) is 11.8 Å². The standard InChI is InChI=1S/C14H20O4S/c1-2-17-14(16)7-4-9-18-12-5-3-6-13(11-12)19-10-8-15/h3,5-6,11,15H,2,4,7-10H2,1H3. The minimum Gasteiger partial charge on any atom is -0.494 e. The molecule has 1 aromatic rings. The van der Waals surface area contributed by atoms with Crippen LogP contribution in [-0.4, -0.2) is 36.6 Å². The minimum atomic E-state index is -0.182. The maximum atomic E-state index is 11.1. The van der Waals surface area contributed by atoms with Gasteiger partial charge in [-0.05, 0) is 31.5 Å². The predicted octanol–water partition coefficient (Wildman–Crippen LogP) is 2.49. The van der Waals surface area contributed by atoms with Crippen LogP contribution in [0.15, 0.2) is 29.2 Å². The third-order valence-corrected chi connectivity index (χ3v) is 3.24. The van der Waals surface area contributed by atoms with Crippen LogP contribution in [0.25, 0.3) is 0 Å². The van der Waals surface area contributed by atoms with Crippen molar-refractivity contribution in [1.29, 1.82) is 0 Å². The first kappa shape index (κ1) is 15.9. The molecule has 106 valence electrons. The molecule has 0 spiro atoms. The van der Waals surface area contributed by atoms with E-state index in [1.165, 1.54) is 0 Å². The SMILES string of the molecule is CCOC(=O)CCCOc1cccc(SCCO)c1. The van der Waals surface area contributed by atoms with Crippen molar-refractivity contribution in [3.8, 4) is 5.75 Å². The first-order valence-corrected chi connectivity index (χ1v) is 7.37. The molecule has 0 aliphatic carbocycles. The van der Waals surface area contributed by atoms with Crippen molar-refractivity contribution in [1.82, 2.24) is 0 Å². The van der Waals surface area contributed by atoms with Crippen LogP contribution < -0.4 is 4.74 Å². The third kappa shape index (κ3) is 7.08. The Kier molecular flexibility index (Phi) is 8.09. The average molecular weight is 284 g/mol. The van der Waals surface area contributed by atoms with E-state index < -0.39 is 0 Å². The molecule has 0 atom stereocenters. The highest BCUT2D eigenvalue weighted by Gasteiger charge is 2.02. The fraction of sp³-hybridized carbons (Fsp3) is 0.500. The molecule has 0 saturated heterocycles. The van der Waals surface area contributed by atoms with Gasteiger partial charge in [0.1, 0.15) is 5.75 Å². The summed E-state index contributed by atoms with van der Waals surface area (Å²) < 4.78 is 10.4. The number of esters is 1. The summed E-state index contributed by atoms with van der Waals surface area (Å²) in [6.45, 7) is 2.87. The molecule has 0 aromatic heterocycles.